The van der Waals surface area contributed by atoms with Crippen molar-refractivity contribution in [3.05, 3.63) is 11.6 Å². The third kappa shape index (κ3) is 1.29. The SMILES string of the molecule is CC1CCC2C(/C1=C/CC#N)C2(C)C. The highest BCUT2D eigenvalue weighted by atomic mass is 14.6. The van der Waals surface area contributed by atoms with Crippen LogP contribution >= 0.6 is 0 Å². The molecular weight excluding hydrogens is 170 g/mol. The lowest BCUT2D eigenvalue weighted by atomic mass is 9.85. The van der Waals surface area contributed by atoms with Crippen molar-refractivity contribution in [3.63, 3.8) is 0 Å². The molecule has 2 rings (SSSR count). The zero-order valence-electron chi connectivity index (χ0n) is 9.38. The molecule has 0 aromatic carbocycles. The minimum Gasteiger partial charge on any atom is -0.198 e. The molecular formula is C13H19N. The van der Waals surface area contributed by atoms with Crippen LogP contribution in [0.15, 0.2) is 11.6 Å². The Kier molecular flexibility index (Phi) is 2.18. The number of nitrogens with zero attached hydrogens (tertiary/aromatic N) is 1. The average molecular weight is 189 g/mol. The predicted octanol–water partition coefficient (Wildman–Crippen LogP) is 3.53. The van der Waals surface area contributed by atoms with Gasteiger partial charge in [0, 0.05) is 0 Å². The normalized spacial score (nSPS) is 41.6. The third-order valence-corrected chi connectivity index (χ3v) is 4.32. The maximum atomic E-state index is 8.62. The Balaban J connectivity index is 2.18. The Labute approximate surface area is 86.8 Å². The van der Waals surface area contributed by atoms with Gasteiger partial charge in [-0.2, -0.15) is 5.26 Å². The summed E-state index contributed by atoms with van der Waals surface area (Å²) < 4.78 is 0. The highest BCUT2D eigenvalue weighted by Gasteiger charge is 2.60. The van der Waals surface area contributed by atoms with E-state index in [1.54, 1.807) is 5.57 Å². The second-order valence-corrected chi connectivity index (χ2v) is 5.45. The van der Waals surface area contributed by atoms with Gasteiger partial charge in [0.15, 0.2) is 0 Å². The van der Waals surface area contributed by atoms with E-state index in [9.17, 15) is 0 Å². The first-order valence-corrected chi connectivity index (χ1v) is 5.66. The van der Waals surface area contributed by atoms with Gasteiger partial charge in [0.05, 0.1) is 12.5 Å². The molecule has 1 nitrogen and oxygen atoms in total. The van der Waals surface area contributed by atoms with Crippen LogP contribution in [0, 0.1) is 34.5 Å². The van der Waals surface area contributed by atoms with Crippen molar-refractivity contribution < 1.29 is 0 Å². The molecule has 2 fully saturated rings. The molecule has 0 aliphatic heterocycles. The number of fused-ring (bicyclic) bond motifs is 1. The summed E-state index contributed by atoms with van der Waals surface area (Å²) in [5.74, 6) is 2.41. The van der Waals surface area contributed by atoms with Crippen LogP contribution in [0.2, 0.25) is 0 Å². The molecule has 0 amide bonds. The average Bonchev–Trinajstić information content (AvgIpc) is 2.68. The summed E-state index contributed by atoms with van der Waals surface area (Å²) >= 11 is 0. The molecule has 0 saturated heterocycles. The van der Waals surface area contributed by atoms with Gasteiger partial charge in [-0.3, -0.25) is 0 Å². The summed E-state index contributed by atoms with van der Waals surface area (Å²) in [5.41, 5.74) is 2.10. The van der Waals surface area contributed by atoms with Crippen molar-refractivity contribution in [1.82, 2.24) is 0 Å². The Hall–Kier alpha value is -0.770. The second-order valence-electron chi connectivity index (χ2n) is 5.45. The van der Waals surface area contributed by atoms with Crippen LogP contribution in [-0.4, -0.2) is 0 Å². The summed E-state index contributed by atoms with van der Waals surface area (Å²) in [4.78, 5) is 0. The summed E-state index contributed by atoms with van der Waals surface area (Å²) in [6, 6.07) is 2.23. The fourth-order valence-electron chi connectivity index (χ4n) is 3.34. The molecule has 0 aromatic rings. The van der Waals surface area contributed by atoms with Gasteiger partial charge >= 0.3 is 0 Å². The van der Waals surface area contributed by atoms with Crippen molar-refractivity contribution in [1.29, 1.82) is 5.26 Å². The lowest BCUT2D eigenvalue weighted by Crippen LogP contribution is -2.09. The van der Waals surface area contributed by atoms with Crippen molar-refractivity contribution in [2.24, 2.45) is 23.2 Å². The van der Waals surface area contributed by atoms with E-state index in [1.807, 2.05) is 0 Å². The predicted molar refractivity (Wildman–Crippen MR) is 57.5 cm³/mol. The molecule has 2 saturated carbocycles. The van der Waals surface area contributed by atoms with Crippen LogP contribution in [0.3, 0.4) is 0 Å². The Morgan fingerprint density at radius 1 is 1.50 bits per heavy atom. The molecule has 0 N–H and O–H groups in total. The quantitative estimate of drug-likeness (QED) is 0.579. The Morgan fingerprint density at radius 2 is 2.21 bits per heavy atom. The molecule has 76 valence electrons. The Morgan fingerprint density at radius 3 is 2.86 bits per heavy atom. The van der Waals surface area contributed by atoms with Gasteiger partial charge < -0.3 is 0 Å². The van der Waals surface area contributed by atoms with E-state index in [-0.39, 0.29) is 0 Å². The van der Waals surface area contributed by atoms with Gasteiger partial charge in [-0.05, 0) is 36.0 Å². The van der Waals surface area contributed by atoms with E-state index < -0.39 is 0 Å². The molecule has 14 heavy (non-hydrogen) atoms. The number of hydrogen-bond acceptors (Lipinski definition) is 1. The Bertz CT molecular complexity index is 306. The van der Waals surface area contributed by atoms with Gasteiger partial charge in [0.1, 0.15) is 0 Å². The van der Waals surface area contributed by atoms with Crippen LogP contribution in [0.25, 0.3) is 0 Å². The highest BCUT2D eigenvalue weighted by Crippen LogP contribution is 2.67. The van der Waals surface area contributed by atoms with E-state index in [0.717, 1.165) is 11.8 Å². The first-order valence-electron chi connectivity index (χ1n) is 5.66. The zero-order chi connectivity index (χ0) is 10.3. The van der Waals surface area contributed by atoms with Gasteiger partial charge in [0.25, 0.3) is 0 Å². The largest absolute Gasteiger partial charge is 0.198 e. The van der Waals surface area contributed by atoms with Gasteiger partial charge in [-0.1, -0.05) is 32.4 Å². The number of hydrogen-bond donors (Lipinski definition) is 0. The van der Waals surface area contributed by atoms with Crippen molar-refractivity contribution in [2.45, 2.75) is 40.0 Å². The van der Waals surface area contributed by atoms with Gasteiger partial charge in [0.2, 0.25) is 0 Å². The van der Waals surface area contributed by atoms with Crippen molar-refractivity contribution >= 4 is 0 Å². The van der Waals surface area contributed by atoms with Crippen molar-refractivity contribution in [3.8, 4) is 6.07 Å². The zero-order valence-corrected chi connectivity index (χ0v) is 9.38. The van der Waals surface area contributed by atoms with E-state index in [4.69, 9.17) is 5.26 Å². The van der Waals surface area contributed by atoms with E-state index in [1.165, 1.54) is 12.8 Å². The van der Waals surface area contributed by atoms with E-state index in [2.05, 4.69) is 32.9 Å². The summed E-state index contributed by atoms with van der Waals surface area (Å²) in [7, 11) is 0. The molecule has 0 heterocycles. The van der Waals surface area contributed by atoms with Crippen LogP contribution in [0.5, 0.6) is 0 Å². The fraction of sp³-hybridized carbons (Fsp3) is 0.769. The minimum absolute atomic E-state index is 0.520. The topological polar surface area (TPSA) is 23.8 Å². The molecule has 3 unspecified atom stereocenters. The molecule has 3 atom stereocenters. The summed E-state index contributed by atoms with van der Waals surface area (Å²) in [6.07, 6.45) is 5.50. The van der Waals surface area contributed by atoms with Crippen LogP contribution in [0.1, 0.15) is 40.0 Å². The molecule has 0 aromatic heterocycles. The molecule has 0 spiro atoms. The standard InChI is InChI=1S/C13H19N/c1-9-6-7-11-12(13(11,2)3)10(9)5-4-8-14/h5,9,11-12H,4,6-7H2,1-3H3/b10-5+. The first-order chi connectivity index (χ1) is 6.59. The van der Waals surface area contributed by atoms with E-state index >= 15 is 0 Å². The number of nitriles is 1. The van der Waals surface area contributed by atoms with Gasteiger partial charge in [-0.15, -0.1) is 0 Å². The minimum atomic E-state index is 0.520. The number of allylic oxidation sites excluding steroid dienone is 2. The van der Waals surface area contributed by atoms with Crippen LogP contribution < -0.4 is 0 Å². The molecule has 1 heteroatoms. The monoisotopic (exact) mass is 189 g/mol. The summed E-state index contributed by atoms with van der Waals surface area (Å²) in [6.45, 7) is 7.06. The molecule has 0 radical (unpaired) electrons. The van der Waals surface area contributed by atoms with Crippen molar-refractivity contribution in [2.75, 3.05) is 0 Å². The van der Waals surface area contributed by atoms with Crippen LogP contribution in [0.4, 0.5) is 0 Å². The maximum Gasteiger partial charge on any atom is 0.0663 e. The molecule has 2 aliphatic carbocycles. The third-order valence-electron chi connectivity index (χ3n) is 4.32. The van der Waals surface area contributed by atoms with Gasteiger partial charge in [-0.25, -0.2) is 0 Å². The lowest BCUT2D eigenvalue weighted by Gasteiger charge is -2.20. The molecule has 0 bridgehead atoms. The number of rotatable bonds is 1. The highest BCUT2D eigenvalue weighted by molar-refractivity contribution is 5.28. The van der Waals surface area contributed by atoms with Crippen LogP contribution in [-0.2, 0) is 0 Å². The van der Waals surface area contributed by atoms with E-state index in [0.29, 0.717) is 17.8 Å². The molecule has 2 aliphatic rings. The first kappa shape index (κ1) is 9.77. The summed E-state index contributed by atoms with van der Waals surface area (Å²) in [5, 5.41) is 8.62. The fourth-order valence-corrected chi connectivity index (χ4v) is 3.34. The second kappa shape index (κ2) is 3.12. The smallest absolute Gasteiger partial charge is 0.0663 e. The maximum absolute atomic E-state index is 8.62. The lowest BCUT2D eigenvalue weighted by molar-refractivity contribution is 0.459.